The molecule has 2 N–H and O–H groups in total. The van der Waals surface area contributed by atoms with Crippen LogP contribution in [0.5, 0.6) is 0 Å². The van der Waals surface area contributed by atoms with E-state index in [0.717, 1.165) is 23.7 Å². The van der Waals surface area contributed by atoms with E-state index < -0.39 is 0 Å². The van der Waals surface area contributed by atoms with Crippen molar-refractivity contribution in [1.82, 2.24) is 5.32 Å². The summed E-state index contributed by atoms with van der Waals surface area (Å²) in [6.45, 7) is -0.188. The summed E-state index contributed by atoms with van der Waals surface area (Å²) < 4.78 is 0. The highest BCUT2D eigenvalue weighted by Crippen LogP contribution is 2.65. The minimum absolute atomic E-state index is 0.0170. The van der Waals surface area contributed by atoms with Crippen LogP contribution in [-0.4, -0.2) is 23.7 Å². The van der Waals surface area contributed by atoms with Gasteiger partial charge in [0.05, 0.1) is 5.56 Å². The lowest BCUT2D eigenvalue weighted by Gasteiger charge is -2.11. The van der Waals surface area contributed by atoms with Crippen molar-refractivity contribution in [2.24, 2.45) is 23.7 Å². The molecule has 4 atom stereocenters. The maximum Gasteiger partial charge on any atom is 0.252 e. The molecular weight excluding hydrogens is 262 g/mol. The fourth-order valence-corrected chi connectivity index (χ4v) is 4.67. The molecule has 1 amide bonds. The van der Waals surface area contributed by atoms with Crippen molar-refractivity contribution in [3.05, 3.63) is 35.4 Å². The summed E-state index contributed by atoms with van der Waals surface area (Å²) in [5.74, 6) is 8.65. The number of fused-ring (bicyclic) bond motifs is 5. The summed E-state index contributed by atoms with van der Waals surface area (Å²) in [6.07, 6.45) is 4.10. The maximum atomic E-state index is 12.5. The maximum absolute atomic E-state index is 12.5. The molecular formula is C18H19NO2. The Labute approximate surface area is 124 Å². The Hall–Kier alpha value is -1.79. The van der Waals surface area contributed by atoms with Crippen molar-refractivity contribution >= 4 is 5.91 Å². The van der Waals surface area contributed by atoms with Gasteiger partial charge in [-0.2, -0.15) is 0 Å². The van der Waals surface area contributed by atoms with Gasteiger partial charge in [-0.15, -0.1) is 0 Å². The summed E-state index contributed by atoms with van der Waals surface area (Å²) in [7, 11) is 0. The zero-order valence-corrected chi connectivity index (χ0v) is 11.9. The van der Waals surface area contributed by atoms with Crippen molar-refractivity contribution in [2.75, 3.05) is 6.61 Å². The lowest BCUT2D eigenvalue weighted by atomic mass is 10.0. The highest BCUT2D eigenvalue weighted by Gasteiger charge is 2.65. The van der Waals surface area contributed by atoms with Gasteiger partial charge in [-0.3, -0.25) is 4.79 Å². The van der Waals surface area contributed by atoms with Crippen molar-refractivity contribution in [2.45, 2.75) is 25.3 Å². The molecule has 108 valence electrons. The van der Waals surface area contributed by atoms with E-state index in [1.165, 1.54) is 19.3 Å². The van der Waals surface area contributed by atoms with Gasteiger partial charge in [-0.25, -0.2) is 0 Å². The summed E-state index contributed by atoms with van der Waals surface area (Å²) in [5.41, 5.74) is 1.31. The van der Waals surface area contributed by atoms with Gasteiger partial charge in [-0.1, -0.05) is 24.0 Å². The quantitative estimate of drug-likeness (QED) is 0.812. The number of carbonyl (C=O) groups is 1. The lowest BCUT2D eigenvalue weighted by molar-refractivity contribution is 0.0944. The fourth-order valence-electron chi connectivity index (χ4n) is 4.67. The Morgan fingerprint density at radius 3 is 2.67 bits per heavy atom. The summed E-state index contributed by atoms with van der Waals surface area (Å²) in [6, 6.07) is 7.75. The molecule has 2 bridgehead atoms. The number of aliphatic hydroxyl groups excluding tert-OH is 1. The van der Waals surface area contributed by atoms with Crippen LogP contribution in [0.2, 0.25) is 0 Å². The van der Waals surface area contributed by atoms with Gasteiger partial charge < -0.3 is 10.4 Å². The van der Waals surface area contributed by atoms with Crippen LogP contribution in [-0.2, 0) is 0 Å². The molecule has 0 aromatic heterocycles. The van der Waals surface area contributed by atoms with Crippen LogP contribution in [0.3, 0.4) is 0 Å². The van der Waals surface area contributed by atoms with Gasteiger partial charge in [0, 0.05) is 11.6 Å². The minimum atomic E-state index is -0.188. The monoisotopic (exact) mass is 281 g/mol. The van der Waals surface area contributed by atoms with Crippen molar-refractivity contribution in [1.29, 1.82) is 0 Å². The highest BCUT2D eigenvalue weighted by atomic mass is 16.2. The van der Waals surface area contributed by atoms with Gasteiger partial charge in [0.1, 0.15) is 6.61 Å². The normalized spacial score (nSPS) is 34.8. The standard InChI is InChI=1S/C18H19NO2/c20-9-3-5-11-4-1-2-6-14(11)18(21)19-17-15-12-7-8-13(10-12)16(15)17/h1-2,4,6,12-13,15-17,20H,7-10H2,(H,19,21). The first-order valence-electron chi connectivity index (χ1n) is 7.79. The number of hydrogen-bond acceptors (Lipinski definition) is 2. The number of benzene rings is 1. The van der Waals surface area contributed by atoms with Crippen LogP contribution in [0.4, 0.5) is 0 Å². The third kappa shape index (κ3) is 2.06. The van der Waals surface area contributed by atoms with E-state index in [2.05, 4.69) is 17.2 Å². The first kappa shape index (κ1) is 12.9. The van der Waals surface area contributed by atoms with Crippen LogP contribution in [0, 0.1) is 35.5 Å². The minimum Gasteiger partial charge on any atom is -0.384 e. The molecule has 0 saturated heterocycles. The Morgan fingerprint density at radius 1 is 1.24 bits per heavy atom. The number of aliphatic hydroxyl groups is 1. The van der Waals surface area contributed by atoms with Crippen molar-refractivity contribution in [3.8, 4) is 11.8 Å². The van der Waals surface area contributed by atoms with Gasteiger partial charge in [0.2, 0.25) is 0 Å². The van der Waals surface area contributed by atoms with Gasteiger partial charge in [-0.05, 0) is 55.1 Å². The number of carbonyl (C=O) groups excluding carboxylic acids is 1. The van der Waals surface area contributed by atoms with E-state index in [1.807, 2.05) is 24.3 Å². The third-order valence-corrected chi connectivity index (χ3v) is 5.51. The second-order valence-corrected chi connectivity index (χ2v) is 6.49. The molecule has 0 heterocycles. The van der Waals surface area contributed by atoms with E-state index in [-0.39, 0.29) is 12.5 Å². The molecule has 3 aliphatic carbocycles. The SMILES string of the molecule is O=C(NC1C2C3CCC(C3)C12)c1ccccc1C#CCO. The van der Waals surface area contributed by atoms with Crippen LogP contribution in [0.25, 0.3) is 0 Å². The molecule has 4 rings (SSSR count). The molecule has 3 saturated carbocycles. The number of hydrogen-bond donors (Lipinski definition) is 2. The molecule has 3 nitrogen and oxygen atoms in total. The fraction of sp³-hybridized carbons (Fsp3) is 0.500. The first-order valence-corrected chi connectivity index (χ1v) is 7.79. The first-order chi connectivity index (χ1) is 10.3. The zero-order chi connectivity index (χ0) is 14.4. The van der Waals surface area contributed by atoms with Crippen LogP contribution in [0.15, 0.2) is 24.3 Å². The lowest BCUT2D eigenvalue weighted by Crippen LogP contribution is -2.30. The van der Waals surface area contributed by atoms with Crippen LogP contribution >= 0.6 is 0 Å². The average molecular weight is 281 g/mol. The molecule has 4 unspecified atom stereocenters. The molecule has 0 radical (unpaired) electrons. The van der Waals surface area contributed by atoms with E-state index >= 15 is 0 Å². The number of amides is 1. The van der Waals surface area contributed by atoms with Gasteiger partial charge in [0.25, 0.3) is 5.91 Å². The molecule has 3 fully saturated rings. The second-order valence-electron chi connectivity index (χ2n) is 6.49. The Kier molecular flexibility index (Phi) is 3.01. The Morgan fingerprint density at radius 2 is 1.95 bits per heavy atom. The molecule has 1 aromatic carbocycles. The van der Waals surface area contributed by atoms with Crippen LogP contribution < -0.4 is 5.32 Å². The molecule has 0 aliphatic heterocycles. The van der Waals surface area contributed by atoms with Crippen molar-refractivity contribution < 1.29 is 9.90 Å². The average Bonchev–Trinajstić information content (AvgIpc) is 2.90. The highest BCUT2D eigenvalue weighted by molar-refractivity contribution is 5.97. The Balaban J connectivity index is 1.49. The van der Waals surface area contributed by atoms with E-state index in [4.69, 9.17) is 5.11 Å². The molecule has 3 heteroatoms. The molecule has 3 aliphatic rings. The molecule has 0 spiro atoms. The molecule has 1 aromatic rings. The van der Waals surface area contributed by atoms with Gasteiger partial charge in [0.15, 0.2) is 0 Å². The van der Waals surface area contributed by atoms with Crippen molar-refractivity contribution in [3.63, 3.8) is 0 Å². The predicted molar refractivity (Wildman–Crippen MR) is 79.5 cm³/mol. The summed E-state index contributed by atoms with van der Waals surface area (Å²) in [4.78, 5) is 12.5. The second kappa shape index (κ2) is 4.89. The predicted octanol–water partition coefficient (Wildman–Crippen LogP) is 1.80. The summed E-state index contributed by atoms with van der Waals surface area (Å²) in [5, 5.41) is 12.0. The number of nitrogens with one attached hydrogen (secondary N) is 1. The molecule has 21 heavy (non-hydrogen) atoms. The Bertz CT molecular complexity index is 626. The smallest absolute Gasteiger partial charge is 0.252 e. The van der Waals surface area contributed by atoms with Crippen LogP contribution in [0.1, 0.15) is 35.2 Å². The largest absolute Gasteiger partial charge is 0.384 e. The van der Waals surface area contributed by atoms with Gasteiger partial charge >= 0.3 is 0 Å². The van der Waals surface area contributed by atoms with E-state index in [0.29, 0.717) is 17.2 Å². The number of rotatable bonds is 2. The van der Waals surface area contributed by atoms with E-state index in [1.54, 1.807) is 0 Å². The van der Waals surface area contributed by atoms with E-state index in [9.17, 15) is 4.79 Å². The topological polar surface area (TPSA) is 49.3 Å². The third-order valence-electron chi connectivity index (χ3n) is 5.51. The summed E-state index contributed by atoms with van der Waals surface area (Å²) >= 11 is 0. The zero-order valence-electron chi connectivity index (χ0n) is 11.9.